The second kappa shape index (κ2) is 8.03. The molecule has 134 valence electrons. The van der Waals surface area contributed by atoms with E-state index in [1.807, 2.05) is 25.1 Å². The summed E-state index contributed by atoms with van der Waals surface area (Å²) in [6.07, 6.45) is 8.16. The molecule has 0 saturated heterocycles. The third kappa shape index (κ3) is 4.23. The van der Waals surface area contributed by atoms with E-state index < -0.39 is 0 Å². The van der Waals surface area contributed by atoms with E-state index in [2.05, 4.69) is 37.4 Å². The summed E-state index contributed by atoms with van der Waals surface area (Å²) in [4.78, 5) is 12.4. The lowest BCUT2D eigenvalue weighted by Crippen LogP contribution is -2.28. The number of carbonyl (C=O) groups excluding carboxylic acids is 1. The highest BCUT2D eigenvalue weighted by molar-refractivity contribution is 5.92. The number of allylic oxidation sites excluding steroid dienone is 3. The van der Waals surface area contributed by atoms with E-state index >= 15 is 0 Å². The lowest BCUT2D eigenvalue weighted by molar-refractivity contribution is -0.117. The maximum atomic E-state index is 12.4. The number of rotatable bonds is 5. The van der Waals surface area contributed by atoms with Crippen molar-refractivity contribution in [2.45, 2.75) is 52.9 Å². The molecule has 0 bridgehead atoms. The maximum absolute atomic E-state index is 12.4. The maximum Gasteiger partial charge on any atom is 0.246 e. The summed E-state index contributed by atoms with van der Waals surface area (Å²) >= 11 is 0. The zero-order valence-electron chi connectivity index (χ0n) is 15.8. The number of benzene rings is 1. The van der Waals surface area contributed by atoms with Crippen molar-refractivity contribution in [3.63, 3.8) is 0 Å². The van der Waals surface area contributed by atoms with Gasteiger partial charge in [0.05, 0.1) is 0 Å². The van der Waals surface area contributed by atoms with Gasteiger partial charge >= 0.3 is 0 Å². The highest BCUT2D eigenvalue weighted by Gasteiger charge is 2.36. The van der Waals surface area contributed by atoms with Gasteiger partial charge in [0.15, 0.2) is 0 Å². The predicted octanol–water partition coefficient (Wildman–Crippen LogP) is 5.06. The molecule has 2 heteroatoms. The van der Waals surface area contributed by atoms with Crippen LogP contribution in [0.3, 0.4) is 0 Å². The van der Waals surface area contributed by atoms with Crippen molar-refractivity contribution < 1.29 is 4.79 Å². The van der Waals surface area contributed by atoms with Gasteiger partial charge in [0.25, 0.3) is 0 Å². The summed E-state index contributed by atoms with van der Waals surface area (Å²) in [5, 5.41) is 3.08. The standard InChI is InChI=1S/C23H31NO/c1-16-9-11-20(22-17(2)10-12-21(16)22)15-18(3)23(25)24-14-13-19-7-5-4-6-8-19/h4-8,15-16,20-21H,9-14H2,1-3H3,(H,24,25)/b18-15+/t16-,20+,21-/m1/s1. The molecule has 2 aliphatic carbocycles. The molecule has 0 heterocycles. The van der Waals surface area contributed by atoms with Crippen LogP contribution in [0.15, 0.2) is 53.1 Å². The molecular formula is C23H31NO. The average Bonchev–Trinajstić information content (AvgIpc) is 3.01. The van der Waals surface area contributed by atoms with Gasteiger partial charge in [-0.25, -0.2) is 0 Å². The van der Waals surface area contributed by atoms with Crippen LogP contribution in [0.1, 0.15) is 52.0 Å². The van der Waals surface area contributed by atoms with Crippen LogP contribution >= 0.6 is 0 Å². The van der Waals surface area contributed by atoms with Crippen LogP contribution in [-0.2, 0) is 11.2 Å². The number of hydrogen-bond acceptors (Lipinski definition) is 1. The number of amides is 1. The van der Waals surface area contributed by atoms with Gasteiger partial charge < -0.3 is 5.32 Å². The molecule has 0 spiro atoms. The van der Waals surface area contributed by atoms with Crippen molar-refractivity contribution in [3.8, 4) is 0 Å². The molecule has 0 aliphatic heterocycles. The lowest BCUT2D eigenvalue weighted by atomic mass is 9.71. The topological polar surface area (TPSA) is 29.1 Å². The van der Waals surface area contributed by atoms with Crippen molar-refractivity contribution in [2.75, 3.05) is 6.54 Å². The largest absolute Gasteiger partial charge is 0.352 e. The molecule has 1 N–H and O–H groups in total. The van der Waals surface area contributed by atoms with Gasteiger partial charge in [-0.2, -0.15) is 0 Å². The highest BCUT2D eigenvalue weighted by atomic mass is 16.1. The zero-order valence-corrected chi connectivity index (χ0v) is 15.8. The summed E-state index contributed by atoms with van der Waals surface area (Å²) in [5.74, 6) is 2.12. The van der Waals surface area contributed by atoms with Crippen LogP contribution in [-0.4, -0.2) is 12.5 Å². The van der Waals surface area contributed by atoms with Gasteiger partial charge in [0.2, 0.25) is 5.91 Å². The van der Waals surface area contributed by atoms with Gasteiger partial charge in [0.1, 0.15) is 0 Å². The molecule has 0 radical (unpaired) electrons. The Bertz CT molecular complexity index is 671. The molecule has 2 aliphatic rings. The minimum absolute atomic E-state index is 0.0855. The quantitative estimate of drug-likeness (QED) is 0.590. The number of nitrogens with one attached hydrogen (secondary N) is 1. The fourth-order valence-corrected chi connectivity index (χ4v) is 4.63. The molecule has 3 atom stereocenters. The summed E-state index contributed by atoms with van der Waals surface area (Å²) in [5.41, 5.74) is 5.36. The first-order chi connectivity index (χ1) is 12.1. The first-order valence-corrected chi connectivity index (χ1v) is 9.76. The second-order valence-electron chi connectivity index (χ2n) is 7.88. The number of carbonyl (C=O) groups is 1. The van der Waals surface area contributed by atoms with E-state index in [0.29, 0.717) is 12.5 Å². The van der Waals surface area contributed by atoms with E-state index in [0.717, 1.165) is 23.8 Å². The van der Waals surface area contributed by atoms with Crippen molar-refractivity contribution >= 4 is 5.91 Å². The van der Waals surface area contributed by atoms with Crippen LogP contribution < -0.4 is 5.32 Å². The zero-order chi connectivity index (χ0) is 17.8. The predicted molar refractivity (Wildman–Crippen MR) is 104 cm³/mol. The van der Waals surface area contributed by atoms with Crippen LogP contribution in [0.2, 0.25) is 0 Å². The van der Waals surface area contributed by atoms with Crippen molar-refractivity contribution in [1.82, 2.24) is 5.32 Å². The molecule has 3 rings (SSSR count). The van der Waals surface area contributed by atoms with Crippen LogP contribution in [0, 0.1) is 17.8 Å². The SMILES string of the molecule is CC1=C2[C@H](/C=C(\C)C(=O)NCCc3ccccc3)CC[C@@H](C)[C@H]2CC1. The van der Waals surface area contributed by atoms with Crippen LogP contribution in [0.5, 0.6) is 0 Å². The number of hydrogen-bond donors (Lipinski definition) is 1. The van der Waals surface area contributed by atoms with Gasteiger partial charge in [-0.05, 0) is 69.3 Å². The highest BCUT2D eigenvalue weighted by Crippen LogP contribution is 2.48. The molecule has 25 heavy (non-hydrogen) atoms. The summed E-state index contributed by atoms with van der Waals surface area (Å²) < 4.78 is 0. The van der Waals surface area contributed by atoms with E-state index in [4.69, 9.17) is 0 Å². The Morgan fingerprint density at radius 1 is 1.20 bits per heavy atom. The molecule has 1 amide bonds. The average molecular weight is 338 g/mol. The fraction of sp³-hybridized carbons (Fsp3) is 0.522. The first kappa shape index (κ1) is 18.0. The van der Waals surface area contributed by atoms with Crippen molar-refractivity contribution in [1.29, 1.82) is 0 Å². The van der Waals surface area contributed by atoms with Gasteiger partial charge in [-0.3, -0.25) is 4.79 Å². The van der Waals surface area contributed by atoms with Gasteiger partial charge in [-0.15, -0.1) is 0 Å². The Morgan fingerprint density at radius 3 is 2.72 bits per heavy atom. The van der Waals surface area contributed by atoms with Crippen LogP contribution in [0.25, 0.3) is 0 Å². The Morgan fingerprint density at radius 2 is 1.96 bits per heavy atom. The monoisotopic (exact) mass is 337 g/mol. The van der Waals surface area contributed by atoms with E-state index in [-0.39, 0.29) is 5.91 Å². The Balaban J connectivity index is 1.59. The Labute approximate surface area is 152 Å². The van der Waals surface area contributed by atoms with E-state index in [1.165, 1.54) is 31.2 Å². The number of fused-ring (bicyclic) bond motifs is 1. The fourth-order valence-electron chi connectivity index (χ4n) is 4.63. The molecule has 1 saturated carbocycles. The van der Waals surface area contributed by atoms with E-state index in [1.54, 1.807) is 11.1 Å². The Hall–Kier alpha value is -1.83. The third-order valence-electron chi connectivity index (χ3n) is 6.09. The third-order valence-corrected chi connectivity index (χ3v) is 6.09. The summed E-state index contributed by atoms with van der Waals surface area (Å²) in [6.45, 7) is 7.35. The normalized spacial score (nSPS) is 26.5. The molecule has 1 fully saturated rings. The smallest absolute Gasteiger partial charge is 0.246 e. The molecule has 1 aromatic carbocycles. The van der Waals surface area contributed by atoms with Crippen molar-refractivity contribution in [2.24, 2.45) is 17.8 Å². The minimum Gasteiger partial charge on any atom is -0.352 e. The molecule has 0 unspecified atom stereocenters. The van der Waals surface area contributed by atoms with Crippen molar-refractivity contribution in [3.05, 3.63) is 58.7 Å². The Kier molecular flexibility index (Phi) is 5.78. The lowest BCUT2D eigenvalue weighted by Gasteiger charge is -2.34. The van der Waals surface area contributed by atoms with E-state index in [9.17, 15) is 4.79 Å². The summed E-state index contributed by atoms with van der Waals surface area (Å²) in [6, 6.07) is 10.3. The molecular weight excluding hydrogens is 306 g/mol. The molecule has 1 aromatic rings. The molecule has 2 nitrogen and oxygen atoms in total. The van der Waals surface area contributed by atoms with Crippen LogP contribution in [0.4, 0.5) is 0 Å². The molecule has 0 aromatic heterocycles. The summed E-state index contributed by atoms with van der Waals surface area (Å²) in [7, 11) is 0. The van der Waals surface area contributed by atoms with Gasteiger partial charge in [-0.1, -0.05) is 54.5 Å². The minimum atomic E-state index is 0.0855. The van der Waals surface area contributed by atoms with Gasteiger partial charge in [0, 0.05) is 12.1 Å². The second-order valence-corrected chi connectivity index (χ2v) is 7.88. The first-order valence-electron chi connectivity index (χ1n) is 9.76.